The topological polar surface area (TPSA) is 61.2 Å². The fraction of sp³-hybridized carbons (Fsp3) is 0.389. The number of ether oxygens (including phenoxy) is 1. The molecule has 5 heteroatoms. The van der Waals surface area contributed by atoms with Gasteiger partial charge in [-0.25, -0.2) is 4.98 Å². The summed E-state index contributed by atoms with van der Waals surface area (Å²) in [7, 11) is 0. The quantitative estimate of drug-likeness (QED) is 0.629. The number of benzene rings is 1. The highest BCUT2D eigenvalue weighted by atomic mass is 16.5. The molecular weight excluding hydrogens is 292 g/mol. The lowest BCUT2D eigenvalue weighted by atomic mass is 9.95. The average molecular weight is 312 g/mol. The maximum absolute atomic E-state index is 12.3. The Morgan fingerprint density at radius 3 is 3.00 bits per heavy atom. The van der Waals surface area contributed by atoms with Gasteiger partial charge in [0.05, 0.1) is 30.3 Å². The van der Waals surface area contributed by atoms with Crippen LogP contribution in [-0.2, 0) is 16.1 Å². The predicted octanol–water partition coefficient (Wildman–Crippen LogP) is 2.69. The molecule has 0 radical (unpaired) electrons. The molecule has 0 bridgehead atoms. The van der Waals surface area contributed by atoms with Gasteiger partial charge in [-0.15, -0.1) is 0 Å². The van der Waals surface area contributed by atoms with Crippen molar-refractivity contribution in [3.05, 3.63) is 53.1 Å². The Labute approximate surface area is 134 Å². The highest BCUT2D eigenvalue weighted by Gasteiger charge is 2.13. The first-order chi connectivity index (χ1) is 11.2. The van der Waals surface area contributed by atoms with Crippen molar-refractivity contribution in [1.82, 2.24) is 9.55 Å². The molecule has 1 atom stereocenters. The monoisotopic (exact) mass is 312 g/mol. The van der Waals surface area contributed by atoms with Gasteiger partial charge >= 0.3 is 5.97 Å². The zero-order valence-corrected chi connectivity index (χ0v) is 13.0. The molecule has 1 unspecified atom stereocenters. The smallest absolute Gasteiger partial charge is 0.307 e. The first-order valence-corrected chi connectivity index (χ1v) is 7.99. The SMILES string of the molecule is O=C(CCn1cnc2ccccc2c1=O)OCC1CC=CCC1. The molecule has 5 nitrogen and oxygen atoms in total. The van der Waals surface area contributed by atoms with Crippen LogP contribution in [0.2, 0.25) is 0 Å². The van der Waals surface area contributed by atoms with E-state index in [9.17, 15) is 9.59 Å². The minimum atomic E-state index is -0.264. The zero-order valence-electron chi connectivity index (χ0n) is 13.0. The van der Waals surface area contributed by atoms with Gasteiger partial charge in [0.15, 0.2) is 0 Å². The number of aryl methyl sites for hydroxylation is 1. The van der Waals surface area contributed by atoms with E-state index < -0.39 is 0 Å². The molecule has 0 N–H and O–H groups in total. The first kappa shape index (κ1) is 15.5. The van der Waals surface area contributed by atoms with Crippen LogP contribution >= 0.6 is 0 Å². The van der Waals surface area contributed by atoms with Crippen molar-refractivity contribution in [1.29, 1.82) is 0 Å². The molecule has 0 amide bonds. The number of fused-ring (bicyclic) bond motifs is 1. The number of nitrogens with zero attached hydrogens (tertiary/aromatic N) is 2. The second-order valence-corrected chi connectivity index (χ2v) is 5.84. The van der Waals surface area contributed by atoms with Crippen LogP contribution in [0.1, 0.15) is 25.7 Å². The van der Waals surface area contributed by atoms with Gasteiger partial charge in [0.1, 0.15) is 0 Å². The molecule has 23 heavy (non-hydrogen) atoms. The third-order valence-electron chi connectivity index (χ3n) is 4.15. The summed E-state index contributed by atoms with van der Waals surface area (Å²) < 4.78 is 6.79. The van der Waals surface area contributed by atoms with Gasteiger partial charge in [-0.3, -0.25) is 14.2 Å². The van der Waals surface area contributed by atoms with Crippen LogP contribution in [0, 0.1) is 5.92 Å². The lowest BCUT2D eigenvalue weighted by Gasteiger charge is -2.17. The largest absolute Gasteiger partial charge is 0.465 e. The normalized spacial score (nSPS) is 17.3. The van der Waals surface area contributed by atoms with Gasteiger partial charge in [0.25, 0.3) is 5.56 Å². The van der Waals surface area contributed by atoms with E-state index in [4.69, 9.17) is 4.74 Å². The summed E-state index contributed by atoms with van der Waals surface area (Å²) in [4.78, 5) is 28.4. The molecule has 0 spiro atoms. The standard InChI is InChI=1S/C18H20N2O3/c21-17(23-12-14-6-2-1-3-7-14)10-11-20-13-19-16-9-5-4-8-15(16)18(20)22/h1-2,4-5,8-9,13-14H,3,6-7,10-12H2. The molecule has 0 saturated heterocycles. The van der Waals surface area contributed by atoms with E-state index in [1.807, 2.05) is 12.1 Å². The Hall–Kier alpha value is -2.43. The van der Waals surface area contributed by atoms with Crippen LogP contribution in [0.5, 0.6) is 0 Å². The number of hydrogen-bond acceptors (Lipinski definition) is 4. The lowest BCUT2D eigenvalue weighted by Crippen LogP contribution is -2.23. The molecule has 1 heterocycles. The van der Waals surface area contributed by atoms with E-state index in [2.05, 4.69) is 17.1 Å². The van der Waals surface area contributed by atoms with Crippen molar-refractivity contribution < 1.29 is 9.53 Å². The summed E-state index contributed by atoms with van der Waals surface area (Å²) in [6.07, 6.45) is 9.08. The number of esters is 1. The van der Waals surface area contributed by atoms with Crippen molar-refractivity contribution in [2.24, 2.45) is 5.92 Å². The lowest BCUT2D eigenvalue weighted by molar-refractivity contribution is -0.145. The van der Waals surface area contributed by atoms with E-state index in [0.29, 0.717) is 30.0 Å². The van der Waals surface area contributed by atoms with Gasteiger partial charge in [-0.2, -0.15) is 0 Å². The van der Waals surface area contributed by atoms with Crippen molar-refractivity contribution in [3.8, 4) is 0 Å². The Morgan fingerprint density at radius 2 is 2.17 bits per heavy atom. The summed E-state index contributed by atoms with van der Waals surface area (Å²) in [6.45, 7) is 0.758. The summed E-state index contributed by atoms with van der Waals surface area (Å²) in [5.41, 5.74) is 0.544. The Bertz CT molecular complexity index is 779. The van der Waals surface area contributed by atoms with Gasteiger partial charge in [0.2, 0.25) is 0 Å². The molecule has 2 aromatic rings. The number of rotatable bonds is 5. The van der Waals surface area contributed by atoms with Crippen LogP contribution < -0.4 is 5.56 Å². The van der Waals surface area contributed by atoms with Crippen LogP contribution in [0.15, 0.2) is 47.5 Å². The maximum atomic E-state index is 12.3. The van der Waals surface area contributed by atoms with Crippen LogP contribution in [-0.4, -0.2) is 22.1 Å². The first-order valence-electron chi connectivity index (χ1n) is 7.99. The number of carbonyl (C=O) groups excluding carboxylic acids is 1. The van der Waals surface area contributed by atoms with Crippen molar-refractivity contribution in [2.45, 2.75) is 32.2 Å². The van der Waals surface area contributed by atoms with Crippen LogP contribution in [0.3, 0.4) is 0 Å². The molecule has 1 aliphatic rings. The molecule has 3 rings (SSSR count). The summed E-state index contributed by atoms with van der Waals surface area (Å²) in [5, 5.41) is 0.567. The molecule has 1 aromatic heterocycles. The minimum Gasteiger partial charge on any atom is -0.465 e. The van der Waals surface area contributed by atoms with E-state index in [1.54, 1.807) is 12.1 Å². The maximum Gasteiger partial charge on any atom is 0.307 e. The fourth-order valence-corrected chi connectivity index (χ4v) is 2.77. The molecular formula is C18H20N2O3. The number of carbonyl (C=O) groups is 1. The third kappa shape index (κ3) is 3.86. The number of aromatic nitrogens is 2. The van der Waals surface area contributed by atoms with Gasteiger partial charge in [0, 0.05) is 6.54 Å². The second kappa shape index (κ2) is 7.22. The van der Waals surface area contributed by atoms with E-state index >= 15 is 0 Å². The van der Waals surface area contributed by atoms with Gasteiger partial charge in [-0.05, 0) is 37.3 Å². The second-order valence-electron chi connectivity index (χ2n) is 5.84. The molecule has 0 saturated carbocycles. The predicted molar refractivity (Wildman–Crippen MR) is 88.1 cm³/mol. The van der Waals surface area contributed by atoms with Crippen LogP contribution in [0.25, 0.3) is 10.9 Å². The van der Waals surface area contributed by atoms with E-state index in [1.165, 1.54) is 10.9 Å². The number of allylic oxidation sites excluding steroid dienone is 2. The van der Waals surface area contributed by atoms with Crippen molar-refractivity contribution in [3.63, 3.8) is 0 Å². The fourth-order valence-electron chi connectivity index (χ4n) is 2.77. The van der Waals surface area contributed by atoms with Crippen LogP contribution in [0.4, 0.5) is 0 Å². The minimum absolute atomic E-state index is 0.124. The van der Waals surface area contributed by atoms with Crippen molar-refractivity contribution >= 4 is 16.9 Å². The summed E-state index contributed by atoms with van der Waals surface area (Å²) in [6, 6.07) is 7.20. The highest BCUT2D eigenvalue weighted by Crippen LogP contribution is 2.18. The van der Waals surface area contributed by atoms with E-state index in [-0.39, 0.29) is 17.9 Å². The molecule has 120 valence electrons. The Morgan fingerprint density at radius 1 is 1.30 bits per heavy atom. The number of para-hydroxylation sites is 1. The van der Waals surface area contributed by atoms with Crippen molar-refractivity contribution in [2.75, 3.05) is 6.61 Å². The third-order valence-corrected chi connectivity index (χ3v) is 4.15. The summed E-state index contributed by atoms with van der Waals surface area (Å²) in [5.74, 6) is 0.161. The molecule has 0 aliphatic heterocycles. The zero-order chi connectivity index (χ0) is 16.1. The summed E-state index contributed by atoms with van der Waals surface area (Å²) >= 11 is 0. The molecule has 0 fully saturated rings. The highest BCUT2D eigenvalue weighted by molar-refractivity contribution is 5.77. The molecule has 1 aliphatic carbocycles. The van der Waals surface area contributed by atoms with E-state index in [0.717, 1.165) is 19.3 Å². The van der Waals surface area contributed by atoms with Gasteiger partial charge < -0.3 is 4.74 Å². The average Bonchev–Trinajstić information content (AvgIpc) is 2.60. The number of hydrogen-bond donors (Lipinski definition) is 0. The Kier molecular flexibility index (Phi) is 4.86. The molecule has 1 aromatic carbocycles. The van der Waals surface area contributed by atoms with Gasteiger partial charge in [-0.1, -0.05) is 24.3 Å². The Balaban J connectivity index is 1.55.